The molecule has 2 heterocycles. The Hall–Kier alpha value is -1.77. The maximum atomic E-state index is 12.2. The third-order valence-corrected chi connectivity index (χ3v) is 5.22. The van der Waals surface area contributed by atoms with E-state index in [0.717, 1.165) is 29.6 Å². The van der Waals surface area contributed by atoms with Crippen LogP contribution in [0.25, 0.3) is 0 Å². The number of rotatable bonds is 5. The van der Waals surface area contributed by atoms with E-state index in [0.29, 0.717) is 10.7 Å². The second-order valence-corrected chi connectivity index (χ2v) is 7.41. The lowest BCUT2D eigenvalue weighted by molar-refractivity contribution is -0.119. The monoisotopic (exact) mass is 408 g/mol. The highest BCUT2D eigenvalue weighted by molar-refractivity contribution is 9.10. The molecule has 0 aliphatic carbocycles. The van der Waals surface area contributed by atoms with Crippen molar-refractivity contribution >= 4 is 44.2 Å². The minimum absolute atomic E-state index is 0.0899. The number of hydrogen-bond acceptors (Lipinski definition) is 5. The van der Waals surface area contributed by atoms with Crippen LogP contribution in [-0.4, -0.2) is 34.8 Å². The third-order valence-electron chi connectivity index (χ3n) is 3.91. The fourth-order valence-electron chi connectivity index (χ4n) is 2.82. The maximum absolute atomic E-state index is 12.2. The Kier molecular flexibility index (Phi) is 5.27. The summed E-state index contributed by atoms with van der Waals surface area (Å²) in [5.74, 6) is -0.523. The number of thiazole rings is 1. The maximum Gasteiger partial charge on any atom is 0.257 e. The first-order chi connectivity index (χ1) is 11.5. The van der Waals surface area contributed by atoms with E-state index in [1.807, 2.05) is 22.4 Å². The molecule has 1 unspecified atom stereocenters. The number of likely N-dealkylation sites (tertiary alicyclic amines) is 1. The Labute approximate surface area is 152 Å². The lowest BCUT2D eigenvalue weighted by Gasteiger charge is -2.21. The Morgan fingerprint density at radius 1 is 1.38 bits per heavy atom. The molecule has 0 radical (unpaired) electrons. The minimum atomic E-state index is -0.333. The van der Waals surface area contributed by atoms with Gasteiger partial charge in [0.25, 0.3) is 5.91 Å². The lowest BCUT2D eigenvalue weighted by atomic mass is 10.2. The normalized spacial score (nSPS) is 17.8. The molecular weight excluding hydrogens is 392 g/mol. The van der Waals surface area contributed by atoms with Crippen molar-refractivity contribution in [1.82, 2.24) is 9.88 Å². The first-order valence-corrected chi connectivity index (χ1v) is 9.25. The molecule has 3 N–H and O–H groups in total. The van der Waals surface area contributed by atoms with Gasteiger partial charge in [0.05, 0.1) is 18.3 Å². The summed E-state index contributed by atoms with van der Waals surface area (Å²) in [5.41, 5.74) is 6.75. The summed E-state index contributed by atoms with van der Waals surface area (Å²) >= 11 is 4.73. The van der Waals surface area contributed by atoms with Crippen LogP contribution in [0, 0.1) is 0 Å². The van der Waals surface area contributed by atoms with Gasteiger partial charge in [-0.15, -0.1) is 11.3 Å². The zero-order chi connectivity index (χ0) is 17.1. The van der Waals surface area contributed by atoms with Crippen LogP contribution in [0.5, 0.6) is 0 Å². The highest BCUT2D eigenvalue weighted by Crippen LogP contribution is 2.33. The zero-order valence-corrected chi connectivity index (χ0v) is 15.3. The van der Waals surface area contributed by atoms with Gasteiger partial charge in [-0.2, -0.15) is 0 Å². The van der Waals surface area contributed by atoms with Crippen molar-refractivity contribution in [2.24, 2.45) is 5.73 Å². The summed E-state index contributed by atoms with van der Waals surface area (Å²) in [6, 6.07) is 7.23. The molecule has 1 atom stereocenters. The van der Waals surface area contributed by atoms with Gasteiger partial charge in [0.15, 0.2) is 5.13 Å². The molecule has 0 spiro atoms. The number of anilines is 1. The molecule has 0 bridgehead atoms. The number of hydrogen-bond donors (Lipinski definition) is 2. The van der Waals surface area contributed by atoms with Crippen LogP contribution >= 0.6 is 27.3 Å². The summed E-state index contributed by atoms with van der Waals surface area (Å²) in [7, 11) is 0. The molecule has 2 aromatic rings. The molecule has 1 aromatic heterocycles. The van der Waals surface area contributed by atoms with Crippen molar-refractivity contribution in [3.8, 4) is 0 Å². The zero-order valence-electron chi connectivity index (χ0n) is 12.9. The Morgan fingerprint density at radius 3 is 2.83 bits per heavy atom. The first-order valence-electron chi connectivity index (χ1n) is 7.57. The second kappa shape index (κ2) is 7.42. The van der Waals surface area contributed by atoms with Crippen LogP contribution in [0.15, 0.2) is 34.1 Å². The van der Waals surface area contributed by atoms with Crippen molar-refractivity contribution < 1.29 is 9.59 Å². The van der Waals surface area contributed by atoms with E-state index in [-0.39, 0.29) is 24.4 Å². The topological polar surface area (TPSA) is 88.3 Å². The first kappa shape index (κ1) is 17.1. The Morgan fingerprint density at radius 2 is 2.12 bits per heavy atom. The SMILES string of the molecule is NC(=O)CN1CCCC1c1csc(NC(=O)c2ccc(Br)cc2)n1. The molecule has 126 valence electrons. The smallest absolute Gasteiger partial charge is 0.257 e. The second-order valence-electron chi connectivity index (χ2n) is 5.63. The van der Waals surface area contributed by atoms with E-state index in [1.165, 1.54) is 11.3 Å². The van der Waals surface area contributed by atoms with Crippen molar-refractivity contribution in [1.29, 1.82) is 0 Å². The Bertz CT molecular complexity index is 747. The van der Waals surface area contributed by atoms with Crippen molar-refractivity contribution in [2.75, 3.05) is 18.4 Å². The summed E-state index contributed by atoms with van der Waals surface area (Å²) in [6.07, 6.45) is 1.95. The molecule has 3 rings (SSSR count). The number of halogens is 1. The lowest BCUT2D eigenvalue weighted by Crippen LogP contribution is -2.33. The quantitative estimate of drug-likeness (QED) is 0.795. The highest BCUT2D eigenvalue weighted by atomic mass is 79.9. The molecule has 1 aliphatic rings. The van der Waals surface area contributed by atoms with E-state index in [9.17, 15) is 9.59 Å². The molecule has 1 aromatic carbocycles. The number of carbonyl (C=O) groups excluding carboxylic acids is 2. The fourth-order valence-corrected chi connectivity index (χ4v) is 3.83. The highest BCUT2D eigenvalue weighted by Gasteiger charge is 2.29. The number of carbonyl (C=O) groups is 2. The van der Waals surface area contributed by atoms with Crippen LogP contribution in [0.4, 0.5) is 5.13 Å². The van der Waals surface area contributed by atoms with Crippen LogP contribution < -0.4 is 11.1 Å². The van der Waals surface area contributed by atoms with Crippen molar-refractivity contribution in [3.63, 3.8) is 0 Å². The Balaban J connectivity index is 1.68. The number of nitrogens with zero attached hydrogens (tertiary/aromatic N) is 2. The summed E-state index contributed by atoms with van der Waals surface area (Å²) < 4.78 is 0.923. The molecule has 1 fully saturated rings. The molecule has 2 amide bonds. The summed E-state index contributed by atoms with van der Waals surface area (Å²) in [5, 5.41) is 5.31. The van der Waals surface area contributed by atoms with Gasteiger partial charge in [0, 0.05) is 15.4 Å². The van der Waals surface area contributed by atoms with Gasteiger partial charge in [-0.3, -0.25) is 19.8 Å². The van der Waals surface area contributed by atoms with E-state index in [1.54, 1.807) is 12.1 Å². The van der Waals surface area contributed by atoms with Crippen LogP contribution in [0.1, 0.15) is 34.9 Å². The molecule has 8 heteroatoms. The molecule has 1 saturated heterocycles. The van der Waals surface area contributed by atoms with Crippen LogP contribution in [0.3, 0.4) is 0 Å². The number of primary amides is 1. The predicted molar refractivity (Wildman–Crippen MR) is 97.0 cm³/mol. The van der Waals surface area contributed by atoms with Gasteiger partial charge in [-0.25, -0.2) is 4.98 Å². The predicted octanol–water partition coefficient (Wildman–Crippen LogP) is 2.78. The number of aromatic nitrogens is 1. The summed E-state index contributed by atoms with van der Waals surface area (Å²) in [6.45, 7) is 1.08. The largest absolute Gasteiger partial charge is 0.369 e. The van der Waals surface area contributed by atoms with Gasteiger partial charge < -0.3 is 5.73 Å². The van der Waals surface area contributed by atoms with Crippen molar-refractivity contribution in [3.05, 3.63) is 45.4 Å². The van der Waals surface area contributed by atoms with Gasteiger partial charge >= 0.3 is 0 Å². The number of amides is 2. The molecule has 0 saturated carbocycles. The van der Waals surface area contributed by atoms with Crippen molar-refractivity contribution in [2.45, 2.75) is 18.9 Å². The summed E-state index contributed by atoms with van der Waals surface area (Å²) in [4.78, 5) is 30.0. The van der Waals surface area contributed by atoms with Gasteiger partial charge in [-0.05, 0) is 43.7 Å². The van der Waals surface area contributed by atoms with Gasteiger partial charge in [-0.1, -0.05) is 15.9 Å². The molecular formula is C16H17BrN4O2S. The minimum Gasteiger partial charge on any atom is -0.369 e. The van der Waals surface area contributed by atoms with Gasteiger partial charge in [0.2, 0.25) is 5.91 Å². The van der Waals surface area contributed by atoms with Crippen LogP contribution in [-0.2, 0) is 4.79 Å². The van der Waals surface area contributed by atoms with Crippen LogP contribution in [0.2, 0.25) is 0 Å². The fraction of sp³-hybridized carbons (Fsp3) is 0.312. The number of nitrogens with one attached hydrogen (secondary N) is 1. The molecule has 6 nitrogen and oxygen atoms in total. The number of benzene rings is 1. The van der Waals surface area contributed by atoms with E-state index < -0.39 is 0 Å². The number of nitrogens with two attached hydrogens (primary N) is 1. The molecule has 1 aliphatic heterocycles. The molecule has 24 heavy (non-hydrogen) atoms. The third kappa shape index (κ3) is 4.00. The van der Waals surface area contributed by atoms with E-state index >= 15 is 0 Å². The standard InChI is InChI=1S/C16H17BrN4O2S/c17-11-5-3-10(4-6-11)15(23)20-16-19-12(9-24-16)13-2-1-7-21(13)8-14(18)22/h3-6,9,13H,1-2,7-8H2,(H2,18,22)(H,19,20,23). The van der Waals surface area contributed by atoms with E-state index in [4.69, 9.17) is 5.73 Å². The average molecular weight is 409 g/mol. The van der Waals surface area contributed by atoms with Gasteiger partial charge in [0.1, 0.15) is 0 Å². The van der Waals surface area contributed by atoms with E-state index in [2.05, 4.69) is 26.2 Å². The average Bonchev–Trinajstić information content (AvgIpc) is 3.16.